The Morgan fingerprint density at radius 3 is 2.43 bits per heavy atom. The fraction of sp³-hybridized carbons (Fsp3) is 0.667. The maximum Gasteiger partial charge on any atom is 0.406 e. The van der Waals surface area contributed by atoms with Crippen molar-refractivity contribution in [3.63, 3.8) is 0 Å². The van der Waals surface area contributed by atoms with E-state index in [1.54, 1.807) is 0 Å². The summed E-state index contributed by atoms with van der Waals surface area (Å²) in [6, 6.07) is 0. The number of hydrogen-bond acceptors (Lipinski definition) is 5. The van der Waals surface area contributed by atoms with E-state index in [1.165, 1.54) is 6.92 Å². The molecule has 0 spiro atoms. The van der Waals surface area contributed by atoms with Crippen molar-refractivity contribution in [1.29, 1.82) is 0 Å². The molecule has 0 unspecified atom stereocenters. The third-order valence-electron chi connectivity index (χ3n) is 2.08. The standard InChI is InChI=1S/C9H9Cl2F4N3O2S/c1-2-18(4-8(12,13)14)5(19)3-20-7-16-6(17-21-7)9(10,11)15/h2-4H2,1H3. The minimum Gasteiger partial charge on any atom is -0.459 e. The van der Waals surface area contributed by atoms with E-state index < -0.39 is 35.6 Å². The molecule has 0 aliphatic rings. The smallest absolute Gasteiger partial charge is 0.406 e. The van der Waals surface area contributed by atoms with Gasteiger partial charge in [-0.05, 0) is 6.92 Å². The Morgan fingerprint density at radius 2 is 2.00 bits per heavy atom. The highest BCUT2D eigenvalue weighted by molar-refractivity contribution is 7.07. The van der Waals surface area contributed by atoms with E-state index in [0.717, 1.165) is 0 Å². The molecule has 0 aliphatic heterocycles. The Labute approximate surface area is 131 Å². The molecule has 0 bridgehead atoms. The van der Waals surface area contributed by atoms with Crippen molar-refractivity contribution in [1.82, 2.24) is 14.3 Å². The molecule has 12 heteroatoms. The summed E-state index contributed by atoms with van der Waals surface area (Å²) in [5.41, 5.74) is 0. The van der Waals surface area contributed by atoms with Crippen LogP contribution >= 0.6 is 34.7 Å². The summed E-state index contributed by atoms with van der Waals surface area (Å²) < 4.78 is 55.2. The van der Waals surface area contributed by atoms with Gasteiger partial charge in [-0.1, -0.05) is 23.2 Å². The van der Waals surface area contributed by atoms with Crippen LogP contribution in [0.25, 0.3) is 0 Å². The Morgan fingerprint density at radius 1 is 1.38 bits per heavy atom. The van der Waals surface area contributed by atoms with Crippen molar-refractivity contribution < 1.29 is 27.1 Å². The minimum atomic E-state index is -4.51. The second-order valence-electron chi connectivity index (χ2n) is 3.69. The molecular weight excluding hydrogens is 361 g/mol. The van der Waals surface area contributed by atoms with Gasteiger partial charge in [0.15, 0.2) is 6.61 Å². The highest BCUT2D eigenvalue weighted by atomic mass is 35.5. The number of carbonyl (C=O) groups is 1. The number of likely N-dealkylation sites (N-methyl/N-ethyl adjacent to an activating group) is 1. The van der Waals surface area contributed by atoms with Gasteiger partial charge in [0.05, 0.1) is 0 Å². The van der Waals surface area contributed by atoms with E-state index in [1.807, 2.05) is 0 Å². The zero-order valence-electron chi connectivity index (χ0n) is 10.5. The summed E-state index contributed by atoms with van der Waals surface area (Å²) in [4.78, 5) is 15.6. The molecule has 0 saturated heterocycles. The summed E-state index contributed by atoms with van der Waals surface area (Å²) in [6.45, 7) is -0.822. The van der Waals surface area contributed by atoms with Crippen LogP contribution in [0.5, 0.6) is 5.19 Å². The highest BCUT2D eigenvalue weighted by Crippen LogP contribution is 2.35. The van der Waals surface area contributed by atoms with E-state index >= 15 is 0 Å². The molecule has 0 radical (unpaired) electrons. The second kappa shape index (κ2) is 6.93. The molecule has 0 atom stereocenters. The minimum absolute atomic E-state index is 0.139. The third-order valence-corrected chi connectivity index (χ3v) is 3.05. The molecule has 0 saturated carbocycles. The van der Waals surface area contributed by atoms with Crippen LogP contribution in [-0.4, -0.2) is 46.0 Å². The molecule has 0 fully saturated rings. The van der Waals surface area contributed by atoms with E-state index in [4.69, 9.17) is 27.9 Å². The first-order chi connectivity index (χ1) is 9.53. The van der Waals surface area contributed by atoms with Gasteiger partial charge in [-0.15, -0.1) is 0 Å². The van der Waals surface area contributed by atoms with Crippen molar-refractivity contribution in [2.75, 3.05) is 19.7 Å². The van der Waals surface area contributed by atoms with Gasteiger partial charge >= 0.3 is 10.8 Å². The maximum absolute atomic E-state index is 13.1. The fourth-order valence-corrected chi connectivity index (χ4v) is 2.03. The van der Waals surface area contributed by atoms with Crippen molar-refractivity contribution in [2.45, 2.75) is 17.7 Å². The summed E-state index contributed by atoms with van der Waals surface area (Å²) in [6.07, 6.45) is -4.51. The Kier molecular flexibility index (Phi) is 6.00. The number of amides is 1. The molecular formula is C9H9Cl2F4N3O2S. The SMILES string of the molecule is CCN(CC(F)(F)F)C(=O)COc1nc(C(F)(Cl)Cl)ns1. The number of hydrogen-bond donors (Lipinski definition) is 0. The summed E-state index contributed by atoms with van der Waals surface area (Å²) in [7, 11) is 0. The zero-order valence-corrected chi connectivity index (χ0v) is 12.8. The molecule has 1 rings (SSSR count). The Hall–Kier alpha value is -0.870. The van der Waals surface area contributed by atoms with Gasteiger partial charge in [-0.25, -0.2) is 0 Å². The molecule has 1 aromatic heterocycles. The van der Waals surface area contributed by atoms with Crippen molar-refractivity contribution >= 4 is 40.6 Å². The van der Waals surface area contributed by atoms with Crippen LogP contribution in [0.4, 0.5) is 17.6 Å². The number of nitrogens with zero attached hydrogens (tertiary/aromatic N) is 3. The third kappa shape index (κ3) is 6.18. The normalized spacial score (nSPS) is 12.3. The maximum atomic E-state index is 13.1. The molecule has 1 heterocycles. The first kappa shape index (κ1) is 18.2. The van der Waals surface area contributed by atoms with Gasteiger partial charge in [0, 0.05) is 18.1 Å². The fourth-order valence-electron chi connectivity index (χ4n) is 1.19. The molecule has 0 aliphatic carbocycles. The van der Waals surface area contributed by atoms with Crippen LogP contribution in [-0.2, 0) is 9.38 Å². The molecule has 0 aromatic carbocycles. The predicted octanol–water partition coefficient (Wildman–Crippen LogP) is 2.89. The number of halogens is 6. The topological polar surface area (TPSA) is 55.3 Å². The van der Waals surface area contributed by atoms with E-state index in [2.05, 4.69) is 9.36 Å². The molecule has 120 valence electrons. The number of rotatable bonds is 6. The summed E-state index contributed by atoms with van der Waals surface area (Å²) in [5, 5.41) is -0.232. The van der Waals surface area contributed by atoms with Crippen LogP contribution in [0.2, 0.25) is 0 Å². The van der Waals surface area contributed by atoms with Gasteiger partial charge < -0.3 is 9.64 Å². The van der Waals surface area contributed by atoms with Crippen LogP contribution in [0.3, 0.4) is 0 Å². The molecule has 0 N–H and O–H groups in total. The molecule has 21 heavy (non-hydrogen) atoms. The van der Waals surface area contributed by atoms with Gasteiger partial charge in [0.25, 0.3) is 11.1 Å². The number of aromatic nitrogens is 2. The van der Waals surface area contributed by atoms with E-state index in [0.29, 0.717) is 16.4 Å². The number of carbonyl (C=O) groups excluding carboxylic acids is 1. The molecule has 1 aromatic rings. The lowest BCUT2D eigenvalue weighted by Gasteiger charge is -2.21. The van der Waals surface area contributed by atoms with Crippen molar-refractivity contribution in [3.8, 4) is 5.19 Å². The summed E-state index contributed by atoms with van der Waals surface area (Å²) >= 11 is 10.8. The lowest BCUT2D eigenvalue weighted by Crippen LogP contribution is -2.41. The van der Waals surface area contributed by atoms with E-state index in [9.17, 15) is 22.4 Å². The number of ether oxygens (including phenoxy) is 1. The Balaban J connectivity index is 2.57. The first-order valence-corrected chi connectivity index (χ1v) is 6.94. The molecule has 5 nitrogen and oxygen atoms in total. The van der Waals surface area contributed by atoms with Crippen LogP contribution in [0.15, 0.2) is 0 Å². The lowest BCUT2D eigenvalue weighted by atomic mass is 10.4. The van der Waals surface area contributed by atoms with Gasteiger partial charge in [-0.2, -0.15) is 26.9 Å². The van der Waals surface area contributed by atoms with Crippen molar-refractivity contribution in [2.24, 2.45) is 0 Å². The second-order valence-corrected chi connectivity index (χ2v) is 5.64. The Bertz CT molecular complexity index is 492. The van der Waals surface area contributed by atoms with E-state index in [-0.39, 0.29) is 11.7 Å². The quantitative estimate of drug-likeness (QED) is 0.571. The first-order valence-electron chi connectivity index (χ1n) is 5.41. The zero-order chi connectivity index (χ0) is 16.3. The average molecular weight is 370 g/mol. The van der Waals surface area contributed by atoms with Crippen LogP contribution in [0, 0.1) is 0 Å². The molecule has 1 amide bonds. The monoisotopic (exact) mass is 369 g/mol. The van der Waals surface area contributed by atoms with Crippen molar-refractivity contribution in [3.05, 3.63) is 5.82 Å². The number of alkyl halides is 6. The average Bonchev–Trinajstić information content (AvgIpc) is 2.80. The van der Waals surface area contributed by atoms with Gasteiger partial charge in [0.2, 0.25) is 5.82 Å². The predicted molar refractivity (Wildman–Crippen MR) is 68.2 cm³/mol. The highest BCUT2D eigenvalue weighted by Gasteiger charge is 2.33. The van der Waals surface area contributed by atoms with Crippen LogP contribution < -0.4 is 4.74 Å². The van der Waals surface area contributed by atoms with Crippen LogP contribution in [0.1, 0.15) is 12.7 Å². The summed E-state index contributed by atoms with van der Waals surface area (Å²) in [5.74, 6) is -1.46. The van der Waals surface area contributed by atoms with Gasteiger partial charge in [0.1, 0.15) is 6.54 Å². The van der Waals surface area contributed by atoms with Gasteiger partial charge in [-0.3, -0.25) is 4.79 Å². The lowest BCUT2D eigenvalue weighted by molar-refractivity contribution is -0.161. The largest absolute Gasteiger partial charge is 0.459 e.